The molecule has 2 aromatic rings. The zero-order chi connectivity index (χ0) is 13.8. The van der Waals surface area contributed by atoms with Crippen LogP contribution >= 0.6 is 0 Å². The van der Waals surface area contributed by atoms with Crippen LogP contribution in [0.1, 0.15) is 18.7 Å². The van der Waals surface area contributed by atoms with Crippen LogP contribution in [0.5, 0.6) is 0 Å². The van der Waals surface area contributed by atoms with Gasteiger partial charge in [-0.05, 0) is 18.9 Å². The van der Waals surface area contributed by atoms with Crippen LogP contribution < -0.4 is 5.32 Å². The van der Waals surface area contributed by atoms with Gasteiger partial charge in [0.2, 0.25) is 0 Å². The zero-order valence-electron chi connectivity index (χ0n) is 11.6. The lowest BCUT2D eigenvalue weighted by molar-refractivity contribution is 0.204. The van der Waals surface area contributed by atoms with Crippen molar-refractivity contribution in [3.05, 3.63) is 30.7 Å². The minimum Gasteiger partial charge on any atom is -0.367 e. The summed E-state index contributed by atoms with van der Waals surface area (Å²) in [4.78, 5) is 10.6. The third-order valence-corrected chi connectivity index (χ3v) is 3.69. The van der Waals surface area contributed by atoms with E-state index in [0.29, 0.717) is 6.04 Å². The molecule has 0 atom stereocenters. The molecule has 0 amide bonds. The second-order valence-electron chi connectivity index (χ2n) is 5.15. The molecular formula is C13H19N7. The van der Waals surface area contributed by atoms with Gasteiger partial charge in [0.1, 0.15) is 24.3 Å². The predicted molar refractivity (Wildman–Crippen MR) is 75.0 cm³/mol. The molecule has 1 fully saturated rings. The molecule has 0 bridgehead atoms. The highest BCUT2D eigenvalue weighted by atomic mass is 15.3. The summed E-state index contributed by atoms with van der Waals surface area (Å²) >= 11 is 0. The Labute approximate surface area is 118 Å². The molecule has 106 valence electrons. The monoisotopic (exact) mass is 273 g/mol. The smallest absolute Gasteiger partial charge is 0.146 e. The van der Waals surface area contributed by atoms with Gasteiger partial charge < -0.3 is 9.88 Å². The topological polar surface area (TPSA) is 71.8 Å². The summed E-state index contributed by atoms with van der Waals surface area (Å²) in [6, 6.07) is 2.40. The maximum Gasteiger partial charge on any atom is 0.146 e. The highest BCUT2D eigenvalue weighted by Gasteiger charge is 2.20. The molecule has 0 aliphatic carbocycles. The van der Waals surface area contributed by atoms with Crippen molar-refractivity contribution in [3.63, 3.8) is 0 Å². The normalized spacial score (nSPS) is 17.2. The molecule has 7 nitrogen and oxygen atoms in total. The molecule has 0 unspecified atom stereocenters. The van der Waals surface area contributed by atoms with Crippen molar-refractivity contribution < 1.29 is 0 Å². The number of aromatic nitrogens is 5. The molecule has 0 radical (unpaired) electrons. The number of nitrogens with one attached hydrogen (secondary N) is 1. The van der Waals surface area contributed by atoms with Crippen molar-refractivity contribution in [2.45, 2.75) is 25.4 Å². The molecule has 3 heterocycles. The molecule has 1 saturated heterocycles. The van der Waals surface area contributed by atoms with Gasteiger partial charge in [0.25, 0.3) is 0 Å². The average Bonchev–Trinajstić information content (AvgIpc) is 2.88. The number of aryl methyl sites for hydroxylation is 1. The van der Waals surface area contributed by atoms with E-state index in [2.05, 4.69) is 30.4 Å². The van der Waals surface area contributed by atoms with Crippen molar-refractivity contribution in [1.29, 1.82) is 0 Å². The van der Waals surface area contributed by atoms with Crippen LogP contribution in [0.2, 0.25) is 0 Å². The Bertz CT molecular complexity index is 531. The molecule has 1 aliphatic rings. The summed E-state index contributed by atoms with van der Waals surface area (Å²) in [5, 5.41) is 11.5. The van der Waals surface area contributed by atoms with Crippen molar-refractivity contribution >= 4 is 5.82 Å². The first-order chi connectivity index (χ1) is 9.81. The van der Waals surface area contributed by atoms with E-state index in [9.17, 15) is 0 Å². The fourth-order valence-electron chi connectivity index (χ4n) is 2.47. The lowest BCUT2D eigenvalue weighted by atomic mass is 10.1. The summed E-state index contributed by atoms with van der Waals surface area (Å²) in [5.74, 6) is 1.93. The number of hydrogen-bond acceptors (Lipinski definition) is 6. The summed E-state index contributed by atoms with van der Waals surface area (Å²) in [6.45, 7) is 3.00. The zero-order valence-corrected chi connectivity index (χ0v) is 11.6. The van der Waals surface area contributed by atoms with Gasteiger partial charge in [0.05, 0.1) is 6.54 Å². The third kappa shape index (κ3) is 3.11. The molecule has 1 N–H and O–H groups in total. The van der Waals surface area contributed by atoms with Crippen LogP contribution in [0.15, 0.2) is 24.9 Å². The van der Waals surface area contributed by atoms with Crippen molar-refractivity contribution in [3.8, 4) is 0 Å². The average molecular weight is 273 g/mol. The van der Waals surface area contributed by atoms with E-state index >= 15 is 0 Å². The first-order valence-corrected chi connectivity index (χ1v) is 6.89. The Hall–Kier alpha value is -2.02. The second kappa shape index (κ2) is 5.96. The first kappa shape index (κ1) is 13.0. The molecule has 0 saturated carbocycles. The molecule has 20 heavy (non-hydrogen) atoms. The Kier molecular flexibility index (Phi) is 3.87. The van der Waals surface area contributed by atoms with Gasteiger partial charge in [0.15, 0.2) is 0 Å². The van der Waals surface area contributed by atoms with Gasteiger partial charge in [-0.3, -0.25) is 4.90 Å². The minimum absolute atomic E-state index is 0.487. The number of nitrogens with zero attached hydrogens (tertiary/aromatic N) is 6. The highest BCUT2D eigenvalue weighted by Crippen LogP contribution is 2.16. The summed E-state index contributed by atoms with van der Waals surface area (Å²) in [5.41, 5.74) is 0. The number of anilines is 1. The van der Waals surface area contributed by atoms with E-state index in [4.69, 9.17) is 0 Å². The van der Waals surface area contributed by atoms with Gasteiger partial charge in [0, 0.05) is 32.4 Å². The van der Waals surface area contributed by atoms with Gasteiger partial charge in [-0.2, -0.15) is 0 Å². The Morgan fingerprint density at radius 2 is 2.20 bits per heavy atom. The Morgan fingerprint density at radius 3 is 2.85 bits per heavy atom. The molecule has 1 aliphatic heterocycles. The van der Waals surface area contributed by atoms with Crippen LogP contribution in [-0.4, -0.2) is 48.8 Å². The quantitative estimate of drug-likeness (QED) is 0.883. The van der Waals surface area contributed by atoms with E-state index in [1.807, 2.05) is 17.7 Å². The van der Waals surface area contributed by atoms with Crippen molar-refractivity contribution in [1.82, 2.24) is 29.6 Å². The largest absolute Gasteiger partial charge is 0.367 e. The molecular weight excluding hydrogens is 254 g/mol. The molecule has 7 heteroatoms. The predicted octanol–water partition coefficient (Wildman–Crippen LogP) is 0.682. The number of likely N-dealkylation sites (tertiary alicyclic amines) is 1. The molecule has 3 rings (SSSR count). The minimum atomic E-state index is 0.487. The maximum absolute atomic E-state index is 4.21. The second-order valence-corrected chi connectivity index (χ2v) is 5.15. The Morgan fingerprint density at radius 1 is 1.35 bits per heavy atom. The van der Waals surface area contributed by atoms with E-state index in [0.717, 1.165) is 44.1 Å². The first-order valence-electron chi connectivity index (χ1n) is 6.89. The number of piperidine rings is 1. The van der Waals surface area contributed by atoms with Crippen LogP contribution in [-0.2, 0) is 13.6 Å². The lowest BCUT2D eigenvalue weighted by Crippen LogP contribution is -2.39. The summed E-state index contributed by atoms with van der Waals surface area (Å²) in [7, 11) is 1.98. The number of rotatable bonds is 4. The van der Waals surface area contributed by atoms with Crippen LogP contribution in [0.4, 0.5) is 5.82 Å². The fourth-order valence-corrected chi connectivity index (χ4v) is 2.47. The Balaban J connectivity index is 1.49. The van der Waals surface area contributed by atoms with E-state index in [1.54, 1.807) is 18.9 Å². The van der Waals surface area contributed by atoms with Gasteiger partial charge >= 0.3 is 0 Å². The van der Waals surface area contributed by atoms with Gasteiger partial charge in [-0.25, -0.2) is 9.97 Å². The van der Waals surface area contributed by atoms with E-state index < -0.39 is 0 Å². The fraction of sp³-hybridized carbons (Fsp3) is 0.538. The highest BCUT2D eigenvalue weighted by molar-refractivity contribution is 5.33. The SMILES string of the molecule is Cn1cnnc1CN1CCC(Nc2ccncn2)CC1. The number of hydrogen-bond donors (Lipinski definition) is 1. The summed E-state index contributed by atoms with van der Waals surface area (Å²) < 4.78 is 1.98. The van der Waals surface area contributed by atoms with Crippen molar-refractivity contribution in [2.75, 3.05) is 18.4 Å². The van der Waals surface area contributed by atoms with Crippen LogP contribution in [0.25, 0.3) is 0 Å². The summed E-state index contributed by atoms with van der Waals surface area (Å²) in [6.07, 6.45) is 7.31. The lowest BCUT2D eigenvalue weighted by Gasteiger charge is -2.32. The maximum atomic E-state index is 4.21. The molecule has 0 spiro atoms. The van der Waals surface area contributed by atoms with Crippen molar-refractivity contribution in [2.24, 2.45) is 7.05 Å². The van der Waals surface area contributed by atoms with E-state index in [-0.39, 0.29) is 0 Å². The molecule has 0 aromatic carbocycles. The van der Waals surface area contributed by atoms with Crippen LogP contribution in [0, 0.1) is 0 Å². The van der Waals surface area contributed by atoms with Gasteiger partial charge in [-0.1, -0.05) is 0 Å². The standard InChI is InChI=1S/C13H19N7/c1-19-10-16-18-13(19)8-20-6-3-11(4-7-20)17-12-2-5-14-9-15-12/h2,5,9-11H,3-4,6-8H2,1H3,(H,14,15,17). The third-order valence-electron chi connectivity index (χ3n) is 3.69. The van der Waals surface area contributed by atoms with E-state index in [1.165, 1.54) is 0 Å². The molecule has 2 aromatic heterocycles. The van der Waals surface area contributed by atoms with Gasteiger partial charge in [-0.15, -0.1) is 10.2 Å². The van der Waals surface area contributed by atoms with Crippen LogP contribution in [0.3, 0.4) is 0 Å².